The molecule has 2 saturated carbocycles. The topological polar surface area (TPSA) is 0 Å². The van der Waals surface area contributed by atoms with Gasteiger partial charge in [-0.3, -0.25) is 0 Å². The molecule has 0 bridgehead atoms. The van der Waals surface area contributed by atoms with Crippen LogP contribution in [0.4, 0.5) is 0 Å². The molecule has 4 rings (SSSR count). The first-order chi connectivity index (χ1) is 9.75. The molecule has 0 aromatic heterocycles. The highest BCUT2D eigenvalue weighted by Crippen LogP contribution is 2.62. The molecule has 20 heavy (non-hydrogen) atoms. The average Bonchev–Trinajstić information content (AvgIpc) is 2.91. The van der Waals surface area contributed by atoms with E-state index in [0.29, 0.717) is 5.41 Å². The Kier molecular flexibility index (Phi) is 2.98. The van der Waals surface area contributed by atoms with E-state index < -0.39 is 0 Å². The van der Waals surface area contributed by atoms with Crippen LogP contribution >= 0.6 is 0 Å². The lowest BCUT2D eigenvalue weighted by atomic mass is 9.50. The molecule has 0 amide bonds. The van der Waals surface area contributed by atoms with Crippen molar-refractivity contribution in [1.82, 2.24) is 0 Å². The molecular weight excluding hydrogens is 240 g/mol. The Hall–Kier alpha value is -0.780. The highest BCUT2D eigenvalue weighted by molar-refractivity contribution is 5.29. The van der Waals surface area contributed by atoms with Crippen molar-refractivity contribution in [2.75, 3.05) is 0 Å². The summed E-state index contributed by atoms with van der Waals surface area (Å²) in [7, 11) is 0. The van der Waals surface area contributed by atoms with E-state index in [4.69, 9.17) is 0 Å². The van der Waals surface area contributed by atoms with Gasteiger partial charge in [-0.15, -0.1) is 0 Å². The van der Waals surface area contributed by atoms with Gasteiger partial charge in [0.05, 0.1) is 0 Å². The highest BCUT2D eigenvalue weighted by Gasteiger charge is 2.53. The lowest BCUT2D eigenvalue weighted by molar-refractivity contribution is 0.0406. The Morgan fingerprint density at radius 2 is 2.25 bits per heavy atom. The van der Waals surface area contributed by atoms with Gasteiger partial charge in [0.25, 0.3) is 0 Å². The minimum atomic E-state index is 0.550. The summed E-state index contributed by atoms with van der Waals surface area (Å²) >= 11 is 0. The minimum absolute atomic E-state index is 0.550. The predicted octanol–water partition coefficient (Wildman–Crippen LogP) is 5.67. The molecule has 4 aliphatic rings. The third-order valence-corrected chi connectivity index (χ3v) is 7.05. The molecule has 0 spiro atoms. The molecule has 0 heteroatoms. The second-order valence-electron chi connectivity index (χ2n) is 7.75. The van der Waals surface area contributed by atoms with Gasteiger partial charge in [0.1, 0.15) is 0 Å². The average molecular weight is 268 g/mol. The van der Waals surface area contributed by atoms with Crippen molar-refractivity contribution in [2.45, 2.75) is 58.3 Å². The Labute approximate surface area is 124 Å². The molecule has 5 atom stereocenters. The van der Waals surface area contributed by atoms with Gasteiger partial charge in [0, 0.05) is 0 Å². The van der Waals surface area contributed by atoms with Gasteiger partial charge >= 0.3 is 0 Å². The van der Waals surface area contributed by atoms with E-state index in [1.165, 1.54) is 51.4 Å². The Balaban J connectivity index is 1.71. The number of rotatable bonds is 1. The van der Waals surface area contributed by atoms with Crippen molar-refractivity contribution in [3.05, 3.63) is 36.0 Å². The zero-order valence-corrected chi connectivity index (χ0v) is 12.9. The summed E-state index contributed by atoms with van der Waals surface area (Å²) in [4.78, 5) is 0. The molecule has 0 heterocycles. The minimum Gasteiger partial charge on any atom is -0.0995 e. The third-order valence-electron chi connectivity index (χ3n) is 7.05. The number of allylic oxidation sites excluding steroid dienone is 5. The van der Waals surface area contributed by atoms with Gasteiger partial charge in [0.15, 0.2) is 0 Å². The van der Waals surface area contributed by atoms with E-state index in [0.717, 1.165) is 23.7 Å². The quantitative estimate of drug-likeness (QED) is 0.537. The molecule has 0 radical (unpaired) electrons. The summed E-state index contributed by atoms with van der Waals surface area (Å²) in [5, 5.41) is 0. The zero-order valence-electron chi connectivity index (χ0n) is 12.9. The second-order valence-corrected chi connectivity index (χ2v) is 7.75. The molecule has 0 unspecified atom stereocenters. The van der Waals surface area contributed by atoms with Gasteiger partial charge in [-0.2, -0.15) is 0 Å². The zero-order chi connectivity index (χ0) is 13.7. The molecule has 0 aromatic rings. The van der Waals surface area contributed by atoms with Crippen molar-refractivity contribution in [1.29, 1.82) is 0 Å². The lowest BCUT2D eigenvalue weighted by Gasteiger charge is -2.54. The van der Waals surface area contributed by atoms with Gasteiger partial charge in [-0.25, -0.2) is 0 Å². The number of fused-ring (bicyclic) bond motifs is 5. The monoisotopic (exact) mass is 268 g/mol. The predicted molar refractivity (Wildman–Crippen MR) is 85.4 cm³/mol. The van der Waals surface area contributed by atoms with Crippen molar-refractivity contribution < 1.29 is 0 Å². The molecule has 0 nitrogen and oxygen atoms in total. The summed E-state index contributed by atoms with van der Waals surface area (Å²) in [6, 6.07) is 0. The molecule has 108 valence electrons. The maximum atomic E-state index is 4.59. The lowest BCUT2D eigenvalue weighted by Crippen LogP contribution is -2.46. The molecule has 2 fully saturated rings. The van der Waals surface area contributed by atoms with Crippen LogP contribution in [0.2, 0.25) is 0 Å². The van der Waals surface area contributed by atoms with Gasteiger partial charge in [-0.05, 0) is 80.5 Å². The standard InChI is InChI=1S/C20H28/c1-3-20-12-6-9-18(20)17-11-10-15-7-4-5-8-16(15)19(17)14(2)13-20/h6-7,9,16-19H,2-5,8,10-13H2,1H3/t16-,17-,18-,19+,20-/m0/s1. The maximum Gasteiger partial charge on any atom is -0.0106 e. The smallest absolute Gasteiger partial charge is 0.0106 e. The first-order valence-corrected chi connectivity index (χ1v) is 8.78. The largest absolute Gasteiger partial charge is 0.0995 e. The van der Waals surface area contributed by atoms with Crippen molar-refractivity contribution in [3.8, 4) is 0 Å². The van der Waals surface area contributed by atoms with Crippen LogP contribution in [0.3, 0.4) is 0 Å². The summed E-state index contributed by atoms with van der Waals surface area (Å²) in [5.74, 6) is 3.42. The molecular formula is C20H28. The van der Waals surface area contributed by atoms with E-state index in [9.17, 15) is 0 Å². The summed E-state index contributed by atoms with van der Waals surface area (Å²) in [5.41, 5.74) is 3.95. The summed E-state index contributed by atoms with van der Waals surface area (Å²) in [6.45, 7) is 6.99. The van der Waals surface area contributed by atoms with Crippen LogP contribution in [0.1, 0.15) is 58.3 Å². The van der Waals surface area contributed by atoms with Crippen LogP contribution < -0.4 is 0 Å². The molecule has 4 aliphatic carbocycles. The molecule has 0 saturated heterocycles. The van der Waals surface area contributed by atoms with Crippen molar-refractivity contribution >= 4 is 0 Å². The Morgan fingerprint density at radius 3 is 3.10 bits per heavy atom. The van der Waals surface area contributed by atoms with E-state index in [1.807, 2.05) is 0 Å². The Bertz CT molecular complexity index is 480. The third kappa shape index (κ3) is 1.66. The Morgan fingerprint density at radius 1 is 1.35 bits per heavy atom. The van der Waals surface area contributed by atoms with Crippen molar-refractivity contribution in [3.63, 3.8) is 0 Å². The fourth-order valence-corrected chi connectivity index (χ4v) is 6.11. The van der Waals surface area contributed by atoms with Crippen LogP contribution in [0.25, 0.3) is 0 Å². The normalized spacial score (nSPS) is 46.5. The first kappa shape index (κ1) is 12.9. The molecule has 0 aromatic carbocycles. The first-order valence-electron chi connectivity index (χ1n) is 8.78. The van der Waals surface area contributed by atoms with E-state index in [-0.39, 0.29) is 0 Å². The van der Waals surface area contributed by atoms with Gasteiger partial charge in [-0.1, -0.05) is 42.9 Å². The SMILES string of the molecule is C=C1C[C@]2(CC)CC=C[C@H]2[C@@H]2CCC3=CCCC[C@@H]3[C@@H]12. The van der Waals surface area contributed by atoms with Gasteiger partial charge in [0.2, 0.25) is 0 Å². The van der Waals surface area contributed by atoms with E-state index in [1.54, 1.807) is 11.1 Å². The summed E-state index contributed by atoms with van der Waals surface area (Å²) in [6.07, 6.45) is 18.6. The van der Waals surface area contributed by atoms with Crippen LogP contribution in [-0.2, 0) is 0 Å². The van der Waals surface area contributed by atoms with Gasteiger partial charge < -0.3 is 0 Å². The fourth-order valence-electron chi connectivity index (χ4n) is 6.11. The number of hydrogen-bond donors (Lipinski definition) is 0. The number of hydrogen-bond acceptors (Lipinski definition) is 0. The van der Waals surface area contributed by atoms with Crippen molar-refractivity contribution in [2.24, 2.45) is 29.1 Å². The molecule has 0 N–H and O–H groups in total. The fraction of sp³-hybridized carbons (Fsp3) is 0.700. The summed E-state index contributed by atoms with van der Waals surface area (Å²) < 4.78 is 0. The van der Waals surface area contributed by atoms with Crippen LogP contribution in [0, 0.1) is 29.1 Å². The van der Waals surface area contributed by atoms with Crippen LogP contribution in [-0.4, -0.2) is 0 Å². The second kappa shape index (κ2) is 4.61. The van der Waals surface area contributed by atoms with E-state index >= 15 is 0 Å². The van der Waals surface area contributed by atoms with Crippen LogP contribution in [0.5, 0.6) is 0 Å². The maximum absolute atomic E-state index is 4.59. The highest BCUT2D eigenvalue weighted by atomic mass is 14.6. The van der Waals surface area contributed by atoms with E-state index in [2.05, 4.69) is 31.7 Å². The van der Waals surface area contributed by atoms with Crippen LogP contribution in [0.15, 0.2) is 36.0 Å². The molecule has 0 aliphatic heterocycles.